The van der Waals surface area contributed by atoms with Crippen LogP contribution in [0.15, 0.2) is 24.3 Å². The lowest BCUT2D eigenvalue weighted by molar-refractivity contribution is -0.885. The molecule has 0 aliphatic heterocycles. The first kappa shape index (κ1) is 21.2. The van der Waals surface area contributed by atoms with E-state index in [1.807, 2.05) is 32.2 Å². The van der Waals surface area contributed by atoms with Gasteiger partial charge < -0.3 is 20.3 Å². The maximum absolute atomic E-state index is 12.6. The molecule has 0 aromatic heterocycles. The zero-order chi connectivity index (χ0) is 20.0. The van der Waals surface area contributed by atoms with Crippen molar-refractivity contribution < 1.29 is 19.2 Å². The summed E-state index contributed by atoms with van der Waals surface area (Å²) in [6.07, 6.45) is 3.44. The minimum absolute atomic E-state index is 0.0210. The van der Waals surface area contributed by atoms with Crippen LogP contribution in [-0.4, -0.2) is 44.6 Å². The van der Waals surface area contributed by atoms with E-state index in [-0.39, 0.29) is 30.4 Å². The maximum atomic E-state index is 12.6. The van der Waals surface area contributed by atoms with Gasteiger partial charge in [-0.2, -0.15) is 0 Å². The van der Waals surface area contributed by atoms with E-state index in [1.54, 1.807) is 13.2 Å². The number of carbonyl (C=O) groups excluding carboxylic acids is 2. The topological polar surface area (TPSA) is 71.9 Å². The molecule has 27 heavy (non-hydrogen) atoms. The normalized spacial score (nSPS) is 24.6. The Bertz CT molecular complexity index is 649. The average Bonchev–Trinajstić information content (AvgIpc) is 2.64. The molecule has 1 aromatic carbocycles. The molecule has 0 heterocycles. The highest BCUT2D eigenvalue weighted by molar-refractivity contribution is 5.91. The molecule has 5 atom stereocenters. The second-order valence-corrected chi connectivity index (χ2v) is 7.91. The van der Waals surface area contributed by atoms with Gasteiger partial charge in [-0.25, -0.2) is 0 Å². The Hall–Kier alpha value is -2.08. The molecule has 1 aromatic rings. The van der Waals surface area contributed by atoms with Crippen LogP contribution < -0.4 is 20.3 Å². The van der Waals surface area contributed by atoms with Crippen molar-refractivity contribution in [2.75, 3.05) is 26.0 Å². The number of rotatable bonds is 7. The van der Waals surface area contributed by atoms with Gasteiger partial charge in [0.25, 0.3) is 11.8 Å². The molecular weight excluding hydrogens is 342 g/mol. The molecule has 1 unspecified atom stereocenters. The van der Waals surface area contributed by atoms with Crippen molar-refractivity contribution in [2.45, 2.75) is 52.1 Å². The van der Waals surface area contributed by atoms with Gasteiger partial charge in [0.05, 0.1) is 14.2 Å². The summed E-state index contributed by atoms with van der Waals surface area (Å²) in [7, 11) is 3.47. The molecule has 6 nitrogen and oxygen atoms in total. The van der Waals surface area contributed by atoms with Gasteiger partial charge in [-0.3, -0.25) is 9.59 Å². The van der Waals surface area contributed by atoms with Gasteiger partial charge in [0, 0.05) is 17.8 Å². The smallest absolute Gasteiger partial charge is 0.279 e. The zero-order valence-electron chi connectivity index (χ0n) is 17.2. The van der Waals surface area contributed by atoms with E-state index in [0.29, 0.717) is 23.3 Å². The van der Waals surface area contributed by atoms with Gasteiger partial charge in [-0.1, -0.05) is 32.8 Å². The van der Waals surface area contributed by atoms with Crippen LogP contribution in [0.2, 0.25) is 0 Å². The number of hydrogen-bond acceptors (Lipinski definition) is 3. The van der Waals surface area contributed by atoms with Crippen LogP contribution in [0.25, 0.3) is 0 Å². The molecule has 1 aliphatic carbocycles. The van der Waals surface area contributed by atoms with Crippen molar-refractivity contribution in [1.29, 1.82) is 0 Å². The fourth-order valence-electron chi connectivity index (χ4n) is 3.63. The number of likely N-dealkylation sites (N-methyl/N-ethyl adjacent to an activating group) is 1. The lowest BCUT2D eigenvalue weighted by Crippen LogP contribution is -3.15. The molecule has 1 fully saturated rings. The number of ether oxygens (including phenoxy) is 1. The molecular formula is C21H34N3O3+. The molecule has 6 heteroatoms. The Morgan fingerprint density at radius 1 is 1.30 bits per heavy atom. The van der Waals surface area contributed by atoms with Gasteiger partial charge >= 0.3 is 0 Å². The monoisotopic (exact) mass is 376 g/mol. The maximum Gasteiger partial charge on any atom is 0.279 e. The minimum Gasteiger partial charge on any atom is -0.497 e. The van der Waals surface area contributed by atoms with Crippen molar-refractivity contribution >= 4 is 17.5 Å². The average molecular weight is 377 g/mol. The first-order valence-corrected chi connectivity index (χ1v) is 9.88. The molecule has 1 saturated carbocycles. The van der Waals surface area contributed by atoms with Crippen molar-refractivity contribution in [3.63, 3.8) is 0 Å². The van der Waals surface area contributed by atoms with Crippen molar-refractivity contribution in [2.24, 2.45) is 11.8 Å². The predicted octanol–water partition coefficient (Wildman–Crippen LogP) is 1.48. The number of carbonyl (C=O) groups is 2. The van der Waals surface area contributed by atoms with Crippen molar-refractivity contribution in [3.8, 4) is 5.75 Å². The number of quaternary nitrogens is 1. The highest BCUT2D eigenvalue weighted by Crippen LogP contribution is 2.29. The fraction of sp³-hybridized carbons (Fsp3) is 0.619. The minimum atomic E-state index is -0.287. The Labute approximate surface area is 162 Å². The number of anilines is 1. The van der Waals surface area contributed by atoms with Crippen molar-refractivity contribution in [1.82, 2.24) is 5.32 Å². The fourth-order valence-corrected chi connectivity index (χ4v) is 3.63. The van der Waals surface area contributed by atoms with Gasteiger partial charge in [0.15, 0.2) is 12.6 Å². The van der Waals surface area contributed by atoms with Crippen LogP contribution in [0.4, 0.5) is 5.69 Å². The van der Waals surface area contributed by atoms with E-state index in [0.717, 1.165) is 17.7 Å². The summed E-state index contributed by atoms with van der Waals surface area (Å²) in [5.74, 6) is 1.72. The molecule has 0 bridgehead atoms. The Kier molecular flexibility index (Phi) is 7.66. The largest absolute Gasteiger partial charge is 0.497 e. The molecule has 150 valence electrons. The van der Waals surface area contributed by atoms with Crippen LogP contribution >= 0.6 is 0 Å². The SMILES string of the molecule is COc1cccc(NC(=O)C[NH+](C)[C@H](C)C(=O)N[C@@H]2CCC[C@H](C)[C@H]2C)c1. The van der Waals surface area contributed by atoms with Crippen LogP contribution in [0, 0.1) is 11.8 Å². The second-order valence-electron chi connectivity index (χ2n) is 7.91. The van der Waals surface area contributed by atoms with E-state index >= 15 is 0 Å². The van der Waals surface area contributed by atoms with Crippen LogP contribution in [-0.2, 0) is 9.59 Å². The molecule has 0 saturated heterocycles. The summed E-state index contributed by atoms with van der Waals surface area (Å²) >= 11 is 0. The van der Waals surface area contributed by atoms with E-state index in [9.17, 15) is 9.59 Å². The number of benzene rings is 1. The second kappa shape index (κ2) is 9.74. The van der Waals surface area contributed by atoms with E-state index < -0.39 is 0 Å². The van der Waals surface area contributed by atoms with Gasteiger partial charge in [-0.15, -0.1) is 0 Å². The third kappa shape index (κ3) is 5.96. The number of methoxy groups -OCH3 is 1. The summed E-state index contributed by atoms with van der Waals surface area (Å²) in [6.45, 7) is 6.58. The first-order chi connectivity index (χ1) is 12.8. The summed E-state index contributed by atoms with van der Waals surface area (Å²) in [5, 5.41) is 6.07. The third-order valence-corrected chi connectivity index (χ3v) is 5.96. The zero-order valence-corrected chi connectivity index (χ0v) is 17.2. The van der Waals surface area contributed by atoms with E-state index in [4.69, 9.17) is 4.74 Å². The summed E-state index contributed by atoms with van der Waals surface area (Å²) in [5.41, 5.74) is 0.689. The number of nitrogens with one attached hydrogen (secondary N) is 3. The highest BCUT2D eigenvalue weighted by Gasteiger charge is 2.31. The van der Waals surface area contributed by atoms with Crippen LogP contribution in [0.3, 0.4) is 0 Å². The van der Waals surface area contributed by atoms with Gasteiger partial charge in [-0.05, 0) is 37.3 Å². The van der Waals surface area contributed by atoms with Gasteiger partial charge in [0.1, 0.15) is 5.75 Å². The molecule has 0 radical (unpaired) electrons. The molecule has 2 rings (SSSR count). The lowest BCUT2D eigenvalue weighted by Gasteiger charge is -2.35. The quantitative estimate of drug-likeness (QED) is 0.675. The van der Waals surface area contributed by atoms with E-state index in [1.165, 1.54) is 6.42 Å². The Morgan fingerprint density at radius 2 is 2.04 bits per heavy atom. The Balaban J connectivity index is 1.85. The van der Waals surface area contributed by atoms with Gasteiger partial charge in [0.2, 0.25) is 0 Å². The summed E-state index contributed by atoms with van der Waals surface area (Å²) in [4.78, 5) is 25.8. The molecule has 0 spiro atoms. The molecule has 1 aliphatic rings. The highest BCUT2D eigenvalue weighted by atomic mass is 16.5. The Morgan fingerprint density at radius 3 is 2.74 bits per heavy atom. The predicted molar refractivity (Wildman–Crippen MR) is 107 cm³/mol. The van der Waals surface area contributed by atoms with Crippen LogP contribution in [0.1, 0.15) is 40.0 Å². The lowest BCUT2D eigenvalue weighted by atomic mass is 9.78. The number of hydrogen-bond donors (Lipinski definition) is 3. The number of amides is 2. The first-order valence-electron chi connectivity index (χ1n) is 9.88. The van der Waals surface area contributed by atoms with E-state index in [2.05, 4.69) is 24.5 Å². The van der Waals surface area contributed by atoms with Crippen molar-refractivity contribution in [3.05, 3.63) is 24.3 Å². The summed E-state index contributed by atoms with van der Waals surface area (Å²) in [6, 6.07) is 7.19. The molecule has 3 N–H and O–H groups in total. The standard InChI is InChI=1S/C21H33N3O3/c1-14-8-6-11-19(15(14)2)23-21(26)16(3)24(4)13-20(25)22-17-9-7-10-18(12-17)27-5/h7,9-10,12,14-16,19H,6,8,11,13H2,1-5H3,(H,22,25)(H,23,26)/p+1/t14-,15+,16+,19+/m0/s1. The summed E-state index contributed by atoms with van der Waals surface area (Å²) < 4.78 is 5.17. The molecule has 2 amide bonds. The third-order valence-electron chi connectivity index (χ3n) is 5.96. The van der Waals surface area contributed by atoms with Crippen LogP contribution in [0.5, 0.6) is 5.75 Å².